The van der Waals surface area contributed by atoms with Crippen LogP contribution in [0, 0.1) is 0 Å². The maximum Gasteiger partial charge on any atom is 0.416 e. The first-order valence-electron chi connectivity index (χ1n) is 5.89. The normalized spacial score (nSPS) is 11.2. The van der Waals surface area contributed by atoms with E-state index in [9.17, 15) is 13.2 Å². The largest absolute Gasteiger partial charge is 0.416 e. The third-order valence-corrected chi connectivity index (χ3v) is 2.67. The second kappa shape index (κ2) is 5.77. The monoisotopic (exact) mass is 282 g/mol. The molecule has 0 saturated carbocycles. The Kier molecular flexibility index (Phi) is 4.07. The second-order valence-corrected chi connectivity index (χ2v) is 4.05. The standard InChI is InChI=1S/C13H13F3N4/c1-17-11-7-18-8-12(20-11)19-6-9-4-2-3-5-10(9)13(14,15)16/h2-5,7-8H,6H2,1H3,(H2,17,19,20). The lowest BCUT2D eigenvalue weighted by Crippen LogP contribution is -2.12. The summed E-state index contributed by atoms with van der Waals surface area (Å²) in [6, 6.07) is 5.44. The van der Waals surface area contributed by atoms with E-state index in [1.165, 1.54) is 24.5 Å². The molecule has 0 amide bonds. The predicted molar refractivity (Wildman–Crippen MR) is 70.3 cm³/mol. The SMILES string of the molecule is CNc1cncc(NCc2ccccc2C(F)(F)F)n1. The van der Waals surface area contributed by atoms with Crippen molar-refractivity contribution in [3.8, 4) is 0 Å². The summed E-state index contributed by atoms with van der Waals surface area (Å²) in [6.07, 6.45) is -1.39. The van der Waals surface area contributed by atoms with E-state index >= 15 is 0 Å². The Bertz CT molecular complexity index is 584. The fraction of sp³-hybridized carbons (Fsp3) is 0.231. The van der Waals surface area contributed by atoms with Crippen LogP contribution in [-0.4, -0.2) is 17.0 Å². The average Bonchev–Trinajstić information content (AvgIpc) is 2.44. The van der Waals surface area contributed by atoms with Crippen LogP contribution < -0.4 is 10.6 Å². The molecule has 4 nitrogen and oxygen atoms in total. The Morgan fingerprint density at radius 1 is 1.10 bits per heavy atom. The Balaban J connectivity index is 2.15. The number of nitrogens with zero attached hydrogens (tertiary/aromatic N) is 2. The van der Waals surface area contributed by atoms with Gasteiger partial charge >= 0.3 is 6.18 Å². The van der Waals surface area contributed by atoms with Gasteiger partial charge in [-0.05, 0) is 11.6 Å². The first-order valence-corrected chi connectivity index (χ1v) is 5.89. The van der Waals surface area contributed by atoms with E-state index in [4.69, 9.17) is 0 Å². The van der Waals surface area contributed by atoms with Crippen LogP contribution in [0.5, 0.6) is 0 Å². The molecule has 1 aromatic heterocycles. The van der Waals surface area contributed by atoms with E-state index in [2.05, 4.69) is 20.6 Å². The third kappa shape index (κ3) is 3.37. The molecule has 0 bridgehead atoms. The van der Waals surface area contributed by atoms with Gasteiger partial charge in [0.15, 0.2) is 0 Å². The molecule has 2 aromatic rings. The first kappa shape index (κ1) is 14.1. The van der Waals surface area contributed by atoms with Gasteiger partial charge < -0.3 is 10.6 Å². The molecule has 1 aromatic carbocycles. The molecule has 0 fully saturated rings. The summed E-state index contributed by atoms with van der Waals surface area (Å²) in [4.78, 5) is 8.06. The van der Waals surface area contributed by atoms with Gasteiger partial charge in [0.05, 0.1) is 18.0 Å². The van der Waals surface area contributed by atoms with Crippen LogP contribution in [0.3, 0.4) is 0 Å². The zero-order chi connectivity index (χ0) is 14.6. The molecular formula is C13H13F3N4. The number of hydrogen-bond acceptors (Lipinski definition) is 4. The predicted octanol–water partition coefficient (Wildman–Crippen LogP) is 3.15. The van der Waals surface area contributed by atoms with E-state index in [1.54, 1.807) is 13.1 Å². The number of rotatable bonds is 4. The lowest BCUT2D eigenvalue weighted by molar-refractivity contribution is -0.138. The summed E-state index contributed by atoms with van der Waals surface area (Å²) in [7, 11) is 1.69. The van der Waals surface area contributed by atoms with Crippen LogP contribution in [0.15, 0.2) is 36.7 Å². The Morgan fingerprint density at radius 2 is 1.80 bits per heavy atom. The van der Waals surface area contributed by atoms with E-state index in [0.717, 1.165) is 6.07 Å². The highest BCUT2D eigenvalue weighted by Crippen LogP contribution is 2.32. The lowest BCUT2D eigenvalue weighted by Gasteiger charge is -2.13. The van der Waals surface area contributed by atoms with Crippen molar-refractivity contribution in [2.45, 2.75) is 12.7 Å². The molecule has 106 valence electrons. The van der Waals surface area contributed by atoms with Crippen molar-refractivity contribution in [2.24, 2.45) is 0 Å². The Hall–Kier alpha value is -2.31. The van der Waals surface area contributed by atoms with Crippen molar-refractivity contribution < 1.29 is 13.2 Å². The van der Waals surface area contributed by atoms with Crippen LogP contribution >= 0.6 is 0 Å². The van der Waals surface area contributed by atoms with Gasteiger partial charge in [0, 0.05) is 13.6 Å². The number of hydrogen-bond donors (Lipinski definition) is 2. The fourth-order valence-electron chi connectivity index (χ4n) is 1.71. The minimum atomic E-state index is -4.36. The highest BCUT2D eigenvalue weighted by molar-refractivity contribution is 5.42. The van der Waals surface area contributed by atoms with Crippen molar-refractivity contribution >= 4 is 11.6 Å². The first-order chi connectivity index (χ1) is 9.50. The molecular weight excluding hydrogens is 269 g/mol. The second-order valence-electron chi connectivity index (χ2n) is 4.05. The molecule has 1 heterocycles. The molecule has 2 rings (SSSR count). The maximum absolute atomic E-state index is 12.8. The van der Waals surface area contributed by atoms with Crippen LogP contribution in [0.2, 0.25) is 0 Å². The summed E-state index contributed by atoms with van der Waals surface area (Å²) < 4.78 is 38.5. The van der Waals surface area contributed by atoms with Gasteiger partial charge in [-0.1, -0.05) is 18.2 Å². The van der Waals surface area contributed by atoms with Gasteiger partial charge in [-0.25, -0.2) is 4.98 Å². The Morgan fingerprint density at radius 3 is 2.50 bits per heavy atom. The molecule has 0 atom stereocenters. The van der Waals surface area contributed by atoms with Crippen LogP contribution in [-0.2, 0) is 12.7 Å². The van der Waals surface area contributed by atoms with E-state index in [0.29, 0.717) is 11.6 Å². The maximum atomic E-state index is 12.8. The lowest BCUT2D eigenvalue weighted by atomic mass is 10.1. The molecule has 20 heavy (non-hydrogen) atoms. The van der Waals surface area contributed by atoms with Crippen molar-refractivity contribution in [1.82, 2.24) is 9.97 Å². The highest BCUT2D eigenvalue weighted by atomic mass is 19.4. The van der Waals surface area contributed by atoms with Crippen molar-refractivity contribution in [3.05, 3.63) is 47.8 Å². The molecule has 0 spiro atoms. The summed E-state index contributed by atoms with van der Waals surface area (Å²) >= 11 is 0. The van der Waals surface area contributed by atoms with Crippen LogP contribution in [0.4, 0.5) is 24.8 Å². The number of aromatic nitrogens is 2. The molecule has 0 aliphatic rings. The molecule has 2 N–H and O–H groups in total. The smallest absolute Gasteiger partial charge is 0.372 e. The Labute approximate surface area is 114 Å². The topological polar surface area (TPSA) is 49.8 Å². The molecule has 0 aliphatic heterocycles. The number of anilines is 2. The van der Waals surface area contributed by atoms with Crippen molar-refractivity contribution in [1.29, 1.82) is 0 Å². The third-order valence-electron chi connectivity index (χ3n) is 2.67. The van der Waals surface area contributed by atoms with Crippen LogP contribution in [0.25, 0.3) is 0 Å². The zero-order valence-corrected chi connectivity index (χ0v) is 10.7. The number of alkyl halides is 3. The summed E-state index contributed by atoms with van der Waals surface area (Å²) in [5, 5.41) is 5.64. The quantitative estimate of drug-likeness (QED) is 0.904. The molecule has 0 saturated heterocycles. The summed E-state index contributed by atoms with van der Waals surface area (Å²) in [5.74, 6) is 0.952. The zero-order valence-electron chi connectivity index (χ0n) is 10.7. The van der Waals surface area contributed by atoms with Gasteiger partial charge in [-0.3, -0.25) is 4.98 Å². The summed E-state index contributed by atoms with van der Waals surface area (Å²) in [5.41, 5.74) is -0.484. The molecule has 0 radical (unpaired) electrons. The molecule has 7 heteroatoms. The molecule has 0 unspecified atom stereocenters. The minimum absolute atomic E-state index is 0.0253. The molecule has 0 aliphatic carbocycles. The minimum Gasteiger partial charge on any atom is -0.372 e. The number of nitrogens with one attached hydrogen (secondary N) is 2. The van der Waals surface area contributed by atoms with Gasteiger partial charge in [0.1, 0.15) is 11.6 Å². The highest BCUT2D eigenvalue weighted by Gasteiger charge is 2.32. The van der Waals surface area contributed by atoms with Gasteiger partial charge in [0.2, 0.25) is 0 Å². The van der Waals surface area contributed by atoms with E-state index in [-0.39, 0.29) is 12.1 Å². The van der Waals surface area contributed by atoms with Gasteiger partial charge in [-0.2, -0.15) is 13.2 Å². The van der Waals surface area contributed by atoms with Gasteiger partial charge in [0.25, 0.3) is 0 Å². The number of benzene rings is 1. The van der Waals surface area contributed by atoms with Crippen LogP contribution in [0.1, 0.15) is 11.1 Å². The fourth-order valence-corrected chi connectivity index (χ4v) is 1.71. The number of halogens is 3. The van der Waals surface area contributed by atoms with Crippen molar-refractivity contribution in [2.75, 3.05) is 17.7 Å². The summed E-state index contributed by atoms with van der Waals surface area (Å²) in [6.45, 7) is 0.0253. The average molecular weight is 282 g/mol. The van der Waals surface area contributed by atoms with Crippen molar-refractivity contribution in [3.63, 3.8) is 0 Å². The van der Waals surface area contributed by atoms with Gasteiger partial charge in [-0.15, -0.1) is 0 Å². The van der Waals surface area contributed by atoms with E-state index in [1.807, 2.05) is 0 Å². The van der Waals surface area contributed by atoms with E-state index < -0.39 is 11.7 Å².